The lowest BCUT2D eigenvalue weighted by Crippen LogP contribution is -2.30. The van der Waals surface area contributed by atoms with Crippen molar-refractivity contribution < 1.29 is 27.6 Å². The predicted molar refractivity (Wildman–Crippen MR) is 133 cm³/mol. The zero-order chi connectivity index (χ0) is 27.1. The second kappa shape index (κ2) is 12.0. The van der Waals surface area contributed by atoms with Crippen LogP contribution in [0.5, 0.6) is 0 Å². The maximum atomic E-state index is 13.5. The van der Waals surface area contributed by atoms with Crippen molar-refractivity contribution in [3.05, 3.63) is 72.2 Å². The second-order valence-electron chi connectivity index (χ2n) is 9.25. The number of carbonyl (C=O) groups is 3. The number of halogens is 3. The summed E-state index contributed by atoms with van der Waals surface area (Å²) in [5.74, 6) is -0.814. The first-order valence-corrected chi connectivity index (χ1v) is 12.5. The molecule has 0 spiro atoms. The maximum absolute atomic E-state index is 13.5. The van der Waals surface area contributed by atoms with Crippen LogP contribution in [-0.2, 0) is 15.8 Å². The van der Waals surface area contributed by atoms with Gasteiger partial charge in [0.05, 0.1) is 11.3 Å². The summed E-state index contributed by atoms with van der Waals surface area (Å²) >= 11 is 0. The summed E-state index contributed by atoms with van der Waals surface area (Å²) in [6, 6.07) is 13.5. The minimum absolute atomic E-state index is 0.0377. The molecule has 2 N–H and O–H groups in total. The van der Waals surface area contributed by atoms with Gasteiger partial charge in [0.15, 0.2) is 5.69 Å². The van der Waals surface area contributed by atoms with E-state index < -0.39 is 23.3 Å². The number of hydrogen-bond acceptors (Lipinski definition) is 5. The van der Waals surface area contributed by atoms with E-state index in [0.717, 1.165) is 10.9 Å². The molecule has 0 bridgehead atoms. The number of nitrogens with zero attached hydrogens (tertiary/aromatic N) is 3. The molecule has 0 radical (unpaired) electrons. The van der Waals surface area contributed by atoms with Crippen LogP contribution in [0.1, 0.15) is 54.6 Å². The highest BCUT2D eigenvalue weighted by atomic mass is 19.4. The largest absolute Gasteiger partial charge is 0.435 e. The Bertz CT molecular complexity index is 1250. The Labute approximate surface area is 217 Å². The summed E-state index contributed by atoms with van der Waals surface area (Å²) in [6.07, 6.45) is 0.745. The van der Waals surface area contributed by atoms with E-state index >= 15 is 0 Å². The van der Waals surface area contributed by atoms with Crippen LogP contribution in [0.4, 0.5) is 19.0 Å². The molecule has 1 aliphatic rings. The van der Waals surface area contributed by atoms with Crippen molar-refractivity contribution >= 4 is 23.4 Å². The molecule has 1 saturated carbocycles. The van der Waals surface area contributed by atoms with Gasteiger partial charge in [-0.15, -0.1) is 0 Å². The van der Waals surface area contributed by atoms with Crippen molar-refractivity contribution in [3.63, 3.8) is 0 Å². The van der Waals surface area contributed by atoms with Crippen molar-refractivity contribution in [2.75, 3.05) is 11.9 Å². The molecular formula is C27H28F3N5O3. The van der Waals surface area contributed by atoms with E-state index in [-0.39, 0.29) is 36.5 Å². The molecule has 1 aliphatic carbocycles. The first kappa shape index (κ1) is 27.0. The van der Waals surface area contributed by atoms with Gasteiger partial charge in [-0.2, -0.15) is 18.3 Å². The van der Waals surface area contributed by atoms with Crippen molar-refractivity contribution in [1.82, 2.24) is 20.1 Å². The minimum atomic E-state index is -4.80. The van der Waals surface area contributed by atoms with Gasteiger partial charge in [-0.1, -0.05) is 24.3 Å². The Balaban J connectivity index is 1.23. The number of alkyl halides is 3. The number of para-hydroxylation sites is 1. The highest BCUT2D eigenvalue weighted by molar-refractivity contribution is 5.95. The monoisotopic (exact) mass is 527 g/mol. The molecule has 2 heterocycles. The minimum Gasteiger partial charge on any atom is -0.352 e. The highest BCUT2D eigenvalue weighted by Crippen LogP contribution is 2.32. The molecule has 0 unspecified atom stereocenters. The van der Waals surface area contributed by atoms with E-state index in [1.165, 1.54) is 0 Å². The zero-order valence-corrected chi connectivity index (χ0v) is 20.6. The molecule has 1 aromatic carbocycles. The van der Waals surface area contributed by atoms with E-state index in [9.17, 15) is 27.6 Å². The molecule has 0 aliphatic heterocycles. The highest BCUT2D eigenvalue weighted by Gasteiger charge is 2.39. The number of pyridine rings is 1. The molecule has 11 heteroatoms. The smallest absolute Gasteiger partial charge is 0.352 e. The normalized spacial score (nSPS) is 17.6. The van der Waals surface area contributed by atoms with E-state index in [2.05, 4.69) is 20.7 Å². The fraction of sp³-hybridized carbons (Fsp3) is 0.370. The number of amides is 2. The lowest BCUT2D eigenvalue weighted by atomic mass is 9.79. The standard InChI is InChI=1S/C27H28F3N5O3/c28-27(29,30)24-21(17-35(34-24)20-7-2-1-3-8-20)26(38)32-16-6-9-22(36)18-11-13-19(14-12-18)25(37)33-23-10-4-5-15-31-23/h1-5,7-8,10,15,17-19H,6,9,11-14,16H2,(H,32,38)(H,31,33,37). The Morgan fingerprint density at radius 2 is 1.63 bits per heavy atom. The van der Waals surface area contributed by atoms with E-state index in [1.54, 1.807) is 54.7 Å². The molecule has 3 aromatic rings. The average molecular weight is 528 g/mol. The number of ketones is 1. The number of benzene rings is 1. The molecule has 0 atom stereocenters. The van der Waals surface area contributed by atoms with Crippen LogP contribution in [0.2, 0.25) is 0 Å². The first-order chi connectivity index (χ1) is 18.2. The van der Waals surface area contributed by atoms with Crippen molar-refractivity contribution in [2.45, 2.75) is 44.7 Å². The molecule has 2 amide bonds. The average Bonchev–Trinajstić information content (AvgIpc) is 3.39. The number of rotatable bonds is 9. The van der Waals surface area contributed by atoms with Crippen molar-refractivity contribution in [3.8, 4) is 5.69 Å². The molecular weight excluding hydrogens is 499 g/mol. The van der Waals surface area contributed by atoms with Gasteiger partial charge in [0.2, 0.25) is 5.91 Å². The Hall–Kier alpha value is -4.02. The summed E-state index contributed by atoms with van der Waals surface area (Å²) in [7, 11) is 0. The fourth-order valence-electron chi connectivity index (χ4n) is 4.57. The second-order valence-corrected chi connectivity index (χ2v) is 9.25. The Morgan fingerprint density at radius 3 is 2.29 bits per heavy atom. The van der Waals surface area contributed by atoms with Crippen LogP contribution in [0.15, 0.2) is 60.9 Å². The van der Waals surface area contributed by atoms with Crippen LogP contribution in [0.25, 0.3) is 5.69 Å². The van der Waals surface area contributed by atoms with E-state index in [4.69, 9.17) is 0 Å². The molecule has 0 saturated heterocycles. The summed E-state index contributed by atoms with van der Waals surface area (Å²) in [4.78, 5) is 41.7. The summed E-state index contributed by atoms with van der Waals surface area (Å²) < 4.78 is 41.5. The van der Waals surface area contributed by atoms with Gasteiger partial charge in [0, 0.05) is 37.2 Å². The van der Waals surface area contributed by atoms with Gasteiger partial charge >= 0.3 is 6.18 Å². The fourth-order valence-corrected chi connectivity index (χ4v) is 4.57. The van der Waals surface area contributed by atoms with Gasteiger partial charge in [-0.25, -0.2) is 9.67 Å². The topological polar surface area (TPSA) is 106 Å². The summed E-state index contributed by atoms with van der Waals surface area (Å²) in [5.41, 5.74) is -1.44. The Kier molecular flexibility index (Phi) is 8.55. The van der Waals surface area contributed by atoms with Crippen LogP contribution in [-0.4, -0.2) is 38.9 Å². The molecule has 8 nitrogen and oxygen atoms in total. The molecule has 2 aromatic heterocycles. The van der Waals surface area contributed by atoms with Crippen molar-refractivity contribution in [2.24, 2.45) is 11.8 Å². The summed E-state index contributed by atoms with van der Waals surface area (Å²) in [6.45, 7) is 0.0558. The molecule has 4 rings (SSSR count). The number of Topliss-reactive ketones (excluding diaryl/α,β-unsaturated/α-hetero) is 1. The van der Waals surface area contributed by atoms with Gasteiger partial charge < -0.3 is 10.6 Å². The third kappa shape index (κ3) is 6.84. The van der Waals surface area contributed by atoms with E-state index in [1.807, 2.05) is 0 Å². The lowest BCUT2D eigenvalue weighted by Gasteiger charge is -2.26. The van der Waals surface area contributed by atoms with Gasteiger partial charge in [0.1, 0.15) is 11.6 Å². The maximum Gasteiger partial charge on any atom is 0.435 e. The third-order valence-corrected chi connectivity index (χ3v) is 6.60. The van der Waals surface area contributed by atoms with Crippen LogP contribution >= 0.6 is 0 Å². The number of hydrogen-bond donors (Lipinski definition) is 2. The van der Waals surface area contributed by atoms with Crippen LogP contribution in [0.3, 0.4) is 0 Å². The number of carbonyl (C=O) groups excluding carboxylic acids is 3. The number of nitrogens with one attached hydrogen (secondary N) is 2. The van der Waals surface area contributed by atoms with Crippen molar-refractivity contribution in [1.29, 1.82) is 0 Å². The first-order valence-electron chi connectivity index (χ1n) is 12.5. The SMILES string of the molecule is O=C(NCCCC(=O)C1CCC(C(=O)Nc2ccccn2)CC1)c1cn(-c2ccccc2)nc1C(F)(F)F. The third-order valence-electron chi connectivity index (χ3n) is 6.60. The molecule has 1 fully saturated rings. The predicted octanol–water partition coefficient (Wildman–Crippen LogP) is 4.81. The number of aromatic nitrogens is 3. The quantitative estimate of drug-likeness (QED) is 0.389. The zero-order valence-electron chi connectivity index (χ0n) is 20.6. The Morgan fingerprint density at radius 1 is 0.947 bits per heavy atom. The van der Waals surface area contributed by atoms with Crippen LogP contribution < -0.4 is 10.6 Å². The van der Waals surface area contributed by atoms with Gasteiger partial charge in [-0.3, -0.25) is 14.4 Å². The number of anilines is 1. The molecule has 38 heavy (non-hydrogen) atoms. The molecule has 200 valence electrons. The van der Waals surface area contributed by atoms with Gasteiger partial charge in [-0.05, 0) is 56.4 Å². The van der Waals surface area contributed by atoms with E-state index in [0.29, 0.717) is 43.6 Å². The summed E-state index contributed by atoms with van der Waals surface area (Å²) in [5, 5.41) is 8.85. The van der Waals surface area contributed by atoms with Gasteiger partial charge in [0.25, 0.3) is 5.91 Å². The van der Waals surface area contributed by atoms with Crippen LogP contribution in [0, 0.1) is 11.8 Å². The lowest BCUT2D eigenvalue weighted by molar-refractivity contribution is -0.141.